The number of aliphatic imine (C=N–C) groups is 1. The molecule has 2 aliphatic heterocycles. The summed E-state index contributed by atoms with van der Waals surface area (Å²) in [5.74, 6) is -0.112. The Labute approximate surface area is 174 Å². The Morgan fingerprint density at radius 3 is 2.50 bits per heavy atom. The third-order valence-corrected chi connectivity index (χ3v) is 5.62. The van der Waals surface area contributed by atoms with Gasteiger partial charge >= 0.3 is 0 Å². The SMILES string of the molecule is C[C@H]1CN(CN2C(=O)C(=Nc3ccc(Cl)c(Cl)c3)c3ccccc32)C[C@H](C)O1. The number of morpholine rings is 1. The molecule has 2 aliphatic rings. The molecule has 0 aliphatic carbocycles. The third kappa shape index (κ3) is 3.80. The monoisotopic (exact) mass is 417 g/mol. The molecule has 0 unspecified atom stereocenters. The van der Waals surface area contributed by atoms with Gasteiger partial charge in [-0.3, -0.25) is 14.6 Å². The van der Waals surface area contributed by atoms with Crippen molar-refractivity contribution >= 4 is 46.2 Å². The summed E-state index contributed by atoms with van der Waals surface area (Å²) in [4.78, 5) is 21.9. The minimum Gasteiger partial charge on any atom is -0.373 e. The number of amides is 1. The summed E-state index contributed by atoms with van der Waals surface area (Å²) in [6.07, 6.45) is 0.280. The lowest BCUT2D eigenvalue weighted by Crippen LogP contribution is -2.50. The molecule has 1 amide bonds. The van der Waals surface area contributed by atoms with Gasteiger partial charge in [0.1, 0.15) is 5.71 Å². The molecular formula is C21H21Cl2N3O2. The van der Waals surface area contributed by atoms with Gasteiger partial charge in [-0.2, -0.15) is 0 Å². The molecule has 0 saturated carbocycles. The lowest BCUT2D eigenvalue weighted by molar-refractivity contribution is -0.113. The quantitative estimate of drug-likeness (QED) is 0.736. The van der Waals surface area contributed by atoms with Crippen molar-refractivity contribution in [2.45, 2.75) is 26.1 Å². The molecule has 7 heteroatoms. The summed E-state index contributed by atoms with van der Waals surface area (Å²) < 4.78 is 5.81. The Bertz CT molecular complexity index is 937. The van der Waals surface area contributed by atoms with Crippen LogP contribution in [-0.2, 0) is 9.53 Å². The van der Waals surface area contributed by atoms with Gasteiger partial charge in [0, 0.05) is 18.7 Å². The number of fused-ring (bicyclic) bond motifs is 1. The fourth-order valence-corrected chi connectivity index (χ4v) is 4.09. The minimum atomic E-state index is -0.112. The van der Waals surface area contributed by atoms with E-state index in [0.717, 1.165) is 24.3 Å². The van der Waals surface area contributed by atoms with E-state index in [0.29, 0.717) is 28.1 Å². The van der Waals surface area contributed by atoms with Crippen LogP contribution in [0, 0.1) is 0 Å². The minimum absolute atomic E-state index is 0.112. The van der Waals surface area contributed by atoms with Gasteiger partial charge in [-0.05, 0) is 38.1 Å². The highest BCUT2D eigenvalue weighted by atomic mass is 35.5. The number of halogens is 2. The number of hydrogen-bond acceptors (Lipinski definition) is 4. The maximum absolute atomic E-state index is 13.2. The molecule has 0 bridgehead atoms. The van der Waals surface area contributed by atoms with Crippen LogP contribution in [0.1, 0.15) is 19.4 Å². The highest BCUT2D eigenvalue weighted by Gasteiger charge is 2.36. The van der Waals surface area contributed by atoms with Crippen molar-refractivity contribution < 1.29 is 9.53 Å². The zero-order chi connectivity index (χ0) is 19.8. The molecule has 0 N–H and O–H groups in total. The van der Waals surface area contributed by atoms with Crippen LogP contribution >= 0.6 is 23.2 Å². The average molecular weight is 418 g/mol. The van der Waals surface area contributed by atoms with Crippen molar-refractivity contribution in [3.63, 3.8) is 0 Å². The largest absolute Gasteiger partial charge is 0.373 e. The first kappa shape index (κ1) is 19.4. The fourth-order valence-electron chi connectivity index (χ4n) is 3.79. The molecule has 4 rings (SSSR count). The third-order valence-electron chi connectivity index (χ3n) is 4.88. The molecule has 2 aromatic carbocycles. The summed E-state index contributed by atoms with van der Waals surface area (Å²) in [6.45, 7) is 6.19. The normalized spacial score (nSPS) is 24.1. The maximum atomic E-state index is 13.2. The van der Waals surface area contributed by atoms with Crippen LogP contribution in [-0.4, -0.2) is 48.5 Å². The summed E-state index contributed by atoms with van der Waals surface area (Å²) >= 11 is 12.1. The van der Waals surface area contributed by atoms with Gasteiger partial charge in [0.15, 0.2) is 0 Å². The second kappa shape index (κ2) is 7.84. The zero-order valence-electron chi connectivity index (χ0n) is 15.7. The van der Waals surface area contributed by atoms with Crippen molar-refractivity contribution in [3.8, 4) is 0 Å². The van der Waals surface area contributed by atoms with Crippen LogP contribution in [0.4, 0.5) is 11.4 Å². The molecule has 5 nitrogen and oxygen atoms in total. The Balaban J connectivity index is 1.66. The molecule has 1 saturated heterocycles. The molecule has 2 atom stereocenters. The van der Waals surface area contributed by atoms with Crippen molar-refractivity contribution in [1.82, 2.24) is 4.90 Å². The first-order valence-electron chi connectivity index (χ1n) is 9.25. The predicted molar refractivity (Wildman–Crippen MR) is 113 cm³/mol. The molecule has 2 aromatic rings. The van der Waals surface area contributed by atoms with Gasteiger partial charge in [-0.25, -0.2) is 4.99 Å². The number of carbonyl (C=O) groups excluding carboxylic acids is 1. The first-order chi connectivity index (χ1) is 13.4. The van der Waals surface area contributed by atoms with Crippen molar-refractivity contribution in [3.05, 3.63) is 58.1 Å². The van der Waals surface area contributed by atoms with E-state index in [4.69, 9.17) is 27.9 Å². The zero-order valence-corrected chi connectivity index (χ0v) is 17.2. The second-order valence-electron chi connectivity index (χ2n) is 7.24. The Kier molecular flexibility index (Phi) is 5.43. The fraction of sp³-hybridized carbons (Fsp3) is 0.333. The Hall–Kier alpha value is -1.92. The highest BCUT2D eigenvalue weighted by Crippen LogP contribution is 2.33. The number of benzene rings is 2. The number of nitrogens with zero attached hydrogens (tertiary/aromatic N) is 3. The van der Waals surface area contributed by atoms with Gasteiger partial charge < -0.3 is 4.74 Å². The lowest BCUT2D eigenvalue weighted by atomic mass is 10.1. The van der Waals surface area contributed by atoms with Gasteiger partial charge in [-0.1, -0.05) is 41.4 Å². The second-order valence-corrected chi connectivity index (χ2v) is 8.06. The number of hydrogen-bond donors (Lipinski definition) is 0. The first-order valence-corrected chi connectivity index (χ1v) is 10.0. The number of ether oxygens (including phenoxy) is 1. The van der Waals surface area contributed by atoms with E-state index in [2.05, 4.69) is 23.7 Å². The van der Waals surface area contributed by atoms with Gasteiger partial charge in [0.05, 0.1) is 40.3 Å². The summed E-state index contributed by atoms with van der Waals surface area (Å²) in [5, 5.41) is 0.872. The Morgan fingerprint density at radius 2 is 1.79 bits per heavy atom. The molecule has 28 heavy (non-hydrogen) atoms. The van der Waals surface area contributed by atoms with Crippen LogP contribution in [0.25, 0.3) is 0 Å². The molecule has 1 fully saturated rings. The lowest BCUT2D eigenvalue weighted by Gasteiger charge is -2.37. The van der Waals surface area contributed by atoms with Gasteiger partial charge in [0.2, 0.25) is 0 Å². The van der Waals surface area contributed by atoms with Crippen LogP contribution in [0.15, 0.2) is 47.5 Å². The van der Waals surface area contributed by atoms with E-state index < -0.39 is 0 Å². The standard InChI is InChI=1S/C21H21Cl2N3O2/c1-13-10-25(11-14(2)28-13)12-26-19-6-4-3-5-16(19)20(21(26)27)24-15-7-8-17(22)18(23)9-15/h3-9,13-14H,10-12H2,1-2H3/t13-,14-/m0/s1. The summed E-state index contributed by atoms with van der Waals surface area (Å²) in [5.41, 5.74) is 2.72. The summed E-state index contributed by atoms with van der Waals surface area (Å²) in [7, 11) is 0. The molecule has 146 valence electrons. The van der Waals surface area contributed by atoms with Gasteiger partial charge in [0.25, 0.3) is 5.91 Å². The average Bonchev–Trinajstić information content (AvgIpc) is 2.90. The van der Waals surface area contributed by atoms with Crippen LogP contribution < -0.4 is 4.90 Å². The van der Waals surface area contributed by atoms with Crippen LogP contribution in [0.5, 0.6) is 0 Å². The van der Waals surface area contributed by atoms with Crippen LogP contribution in [0.2, 0.25) is 10.0 Å². The highest BCUT2D eigenvalue weighted by molar-refractivity contribution is 6.54. The molecule has 2 heterocycles. The number of para-hydroxylation sites is 1. The van der Waals surface area contributed by atoms with E-state index in [1.165, 1.54) is 0 Å². The molecule has 0 radical (unpaired) electrons. The van der Waals surface area contributed by atoms with Crippen LogP contribution in [0.3, 0.4) is 0 Å². The number of carbonyl (C=O) groups is 1. The Morgan fingerprint density at radius 1 is 1.07 bits per heavy atom. The van der Waals surface area contributed by atoms with Crippen molar-refractivity contribution in [2.75, 3.05) is 24.7 Å². The topological polar surface area (TPSA) is 45.1 Å². The molecular weight excluding hydrogens is 397 g/mol. The van der Waals surface area contributed by atoms with E-state index in [1.807, 2.05) is 24.3 Å². The number of anilines is 1. The van der Waals surface area contributed by atoms with E-state index in [1.54, 1.807) is 23.1 Å². The maximum Gasteiger partial charge on any atom is 0.278 e. The van der Waals surface area contributed by atoms with E-state index in [9.17, 15) is 4.79 Å². The smallest absolute Gasteiger partial charge is 0.278 e. The summed E-state index contributed by atoms with van der Waals surface area (Å²) in [6, 6.07) is 12.8. The van der Waals surface area contributed by atoms with Gasteiger partial charge in [-0.15, -0.1) is 0 Å². The predicted octanol–water partition coefficient (Wildman–Crippen LogP) is 4.53. The van der Waals surface area contributed by atoms with E-state index in [-0.39, 0.29) is 18.1 Å². The number of rotatable bonds is 3. The van der Waals surface area contributed by atoms with Crippen molar-refractivity contribution in [1.29, 1.82) is 0 Å². The molecule has 0 spiro atoms. The van der Waals surface area contributed by atoms with Crippen molar-refractivity contribution in [2.24, 2.45) is 4.99 Å². The van der Waals surface area contributed by atoms with E-state index >= 15 is 0 Å². The molecule has 0 aromatic heterocycles.